The van der Waals surface area contributed by atoms with E-state index < -0.39 is 174 Å². The summed E-state index contributed by atoms with van der Waals surface area (Å²) in [6.07, 6.45) is 0. The second kappa shape index (κ2) is 11.0. The van der Waals surface area contributed by atoms with Crippen LogP contribution in [0.4, 0.5) is 0 Å². The zero-order chi connectivity index (χ0) is 51.1. The standard InChI is InChI=1S/C20H13Br.C20H14/c21-20-17-12-6-4-10-15(17)19(14-8-2-1-3-9-14)16-11-5-7-13-18(16)20;1-2-8-15(9-3-1)20-18-12-6-4-10-16(18)14-17-11-5-7-13-19(17)20/h1-13H;1-14H/i1D,2D,3D,4D,5D,6D,7D,8D,9D,10D,11D,12D,13D;1D,2D,3D,4D,5D,6D,7D,8D,9D,10D,11D,12D,13D,14D. The van der Waals surface area contributed by atoms with Gasteiger partial charge < -0.3 is 0 Å². The second-order valence-electron chi connectivity index (χ2n) is 8.19. The Labute approximate surface area is 286 Å². The van der Waals surface area contributed by atoms with E-state index in [0.29, 0.717) is 0 Å². The molecule has 0 unspecified atom stereocenters. The monoisotopic (exact) mass is 613 g/mol. The molecule has 0 saturated heterocycles. The first kappa shape index (κ1) is 9.41. The molecule has 8 aromatic carbocycles. The van der Waals surface area contributed by atoms with Crippen molar-refractivity contribution >= 4 is 59.0 Å². The van der Waals surface area contributed by atoms with E-state index in [0.717, 1.165) is 0 Å². The highest BCUT2D eigenvalue weighted by Crippen LogP contribution is 2.41. The van der Waals surface area contributed by atoms with Crippen LogP contribution in [0.5, 0.6) is 0 Å². The molecule has 0 amide bonds. The molecule has 0 atom stereocenters. The SMILES string of the molecule is [2H]c1c([2H])c([2H])c(-c2c3c([2H])c([2H])c([2H])c([2H])c3c(Br)c3c([2H])c([2H])c([2H])c([2H])c23)c([2H])c1[2H].[2H]c1c([2H])c([2H])c(-c2c3c([2H])c([2H])c([2H])c([2H])c3c([2H])c3c([2H])c([2H])c([2H])c([2H])c23)c([2H])c1[2H]. The molecule has 0 radical (unpaired) electrons. The zero-order valence-corrected chi connectivity index (χ0v) is 22.0. The first-order valence-corrected chi connectivity index (χ1v) is 12.5. The first-order chi connectivity index (χ1) is 31.5. The second-order valence-corrected chi connectivity index (χ2v) is 8.98. The van der Waals surface area contributed by atoms with Gasteiger partial charge in [0.05, 0.1) is 37.0 Å². The minimum Gasteiger partial charge on any atom is -0.0622 e. The average molecular weight is 615 g/mol. The normalized spacial score (nSPS) is 20.3. The summed E-state index contributed by atoms with van der Waals surface area (Å²) in [5.74, 6) is 0. The number of hydrogen-bond acceptors (Lipinski definition) is 0. The van der Waals surface area contributed by atoms with Crippen molar-refractivity contribution in [1.82, 2.24) is 0 Å². The van der Waals surface area contributed by atoms with Crippen molar-refractivity contribution < 1.29 is 37.0 Å². The van der Waals surface area contributed by atoms with Crippen molar-refractivity contribution in [3.8, 4) is 22.3 Å². The Hall–Kier alpha value is -4.72. The largest absolute Gasteiger partial charge is 0.0636 e. The van der Waals surface area contributed by atoms with Gasteiger partial charge in [-0.15, -0.1) is 0 Å². The maximum absolute atomic E-state index is 8.63. The van der Waals surface area contributed by atoms with Gasteiger partial charge in [-0.2, -0.15) is 0 Å². The highest BCUT2D eigenvalue weighted by molar-refractivity contribution is 9.10. The Morgan fingerprint density at radius 2 is 0.659 bits per heavy atom. The fourth-order valence-corrected chi connectivity index (χ4v) is 4.86. The molecule has 1 heteroatoms. The van der Waals surface area contributed by atoms with Gasteiger partial charge in [-0.3, -0.25) is 0 Å². The van der Waals surface area contributed by atoms with Crippen molar-refractivity contribution in [2.24, 2.45) is 0 Å². The molecule has 0 spiro atoms. The van der Waals surface area contributed by atoms with Gasteiger partial charge in [-0.05, 0) is 87.3 Å². The summed E-state index contributed by atoms with van der Waals surface area (Å²) in [7, 11) is 0. The Bertz CT molecular complexity index is 3200. The van der Waals surface area contributed by atoms with Gasteiger partial charge >= 0.3 is 0 Å². The number of rotatable bonds is 2. The van der Waals surface area contributed by atoms with Gasteiger partial charge in [0.25, 0.3) is 0 Å². The lowest BCUT2D eigenvalue weighted by atomic mass is 9.92. The Morgan fingerprint density at radius 1 is 0.341 bits per heavy atom. The molecule has 0 aliphatic rings. The van der Waals surface area contributed by atoms with Crippen LogP contribution in [0.3, 0.4) is 0 Å². The maximum atomic E-state index is 8.63. The highest BCUT2D eigenvalue weighted by Gasteiger charge is 2.13. The molecule has 0 saturated carbocycles. The maximum Gasteiger partial charge on any atom is 0.0636 e. The molecule has 0 fully saturated rings. The summed E-state index contributed by atoms with van der Waals surface area (Å²) in [6.45, 7) is 0. The number of halogens is 1. The third-order valence-corrected chi connectivity index (χ3v) is 6.73. The van der Waals surface area contributed by atoms with Crippen LogP contribution >= 0.6 is 15.9 Å². The zero-order valence-electron chi connectivity index (χ0n) is 47.4. The van der Waals surface area contributed by atoms with Crippen LogP contribution < -0.4 is 0 Å². The fourth-order valence-electron chi connectivity index (χ4n) is 4.27. The molecule has 0 N–H and O–H groups in total. The molecule has 0 nitrogen and oxygen atoms in total. The van der Waals surface area contributed by atoms with E-state index >= 15 is 0 Å². The van der Waals surface area contributed by atoms with Gasteiger partial charge in [-0.25, -0.2) is 0 Å². The van der Waals surface area contributed by atoms with Crippen LogP contribution in [0.25, 0.3) is 65.3 Å². The molecule has 0 bridgehead atoms. The van der Waals surface area contributed by atoms with E-state index in [9.17, 15) is 0 Å². The Kier molecular flexibility index (Phi) is 2.53. The molecular weight excluding hydrogens is 560 g/mol. The Morgan fingerprint density at radius 3 is 1.10 bits per heavy atom. The van der Waals surface area contributed by atoms with E-state index in [-0.39, 0.29) is 58.7 Å². The predicted octanol–water partition coefficient (Wildman–Crippen LogP) is 12.1. The summed E-state index contributed by atoms with van der Waals surface area (Å²) in [4.78, 5) is 0. The minimum absolute atomic E-state index is 0.0207. The van der Waals surface area contributed by atoms with Crippen molar-refractivity contribution in [2.75, 3.05) is 0 Å². The fraction of sp³-hybridized carbons (Fsp3) is 0. The van der Waals surface area contributed by atoms with Crippen LogP contribution in [-0.2, 0) is 0 Å². The molecule has 8 rings (SSSR count). The van der Waals surface area contributed by atoms with Crippen molar-refractivity contribution in [2.45, 2.75) is 0 Å². The third kappa shape index (κ3) is 4.69. The molecule has 8 aromatic rings. The molecule has 194 valence electrons. The summed E-state index contributed by atoms with van der Waals surface area (Å²) in [5, 5.41) is -2.23. The number of hydrogen-bond donors (Lipinski definition) is 0. The lowest BCUT2D eigenvalue weighted by Gasteiger charge is -2.14. The Balaban J connectivity index is 0.000000201. The molecular formula is C40H27Br. The van der Waals surface area contributed by atoms with Crippen LogP contribution in [0.1, 0.15) is 37.0 Å². The van der Waals surface area contributed by atoms with Gasteiger partial charge in [0.1, 0.15) is 0 Å². The number of fused-ring (bicyclic) bond motifs is 4. The summed E-state index contributed by atoms with van der Waals surface area (Å²) in [6, 6.07) is -17.6. The number of benzene rings is 8. The van der Waals surface area contributed by atoms with Gasteiger partial charge in [0, 0.05) is 4.47 Å². The van der Waals surface area contributed by atoms with Crippen molar-refractivity contribution in [3.05, 3.63) is 168 Å². The summed E-state index contributed by atoms with van der Waals surface area (Å²) in [5.41, 5.74) is -1.58. The van der Waals surface area contributed by atoms with Crippen LogP contribution in [0.2, 0.25) is 0 Å². The lowest BCUT2D eigenvalue weighted by Crippen LogP contribution is -1.86. The van der Waals surface area contributed by atoms with E-state index in [2.05, 4.69) is 15.9 Å². The van der Waals surface area contributed by atoms with Crippen LogP contribution in [0.15, 0.2) is 168 Å². The lowest BCUT2D eigenvalue weighted by molar-refractivity contribution is 1.66. The summed E-state index contributed by atoms with van der Waals surface area (Å²) >= 11 is 3.26. The molecule has 0 aliphatic heterocycles. The third-order valence-electron chi connectivity index (χ3n) is 5.94. The van der Waals surface area contributed by atoms with Gasteiger partial charge in [0.15, 0.2) is 0 Å². The van der Waals surface area contributed by atoms with Gasteiger partial charge in [0.2, 0.25) is 0 Å². The smallest absolute Gasteiger partial charge is 0.0622 e. The van der Waals surface area contributed by atoms with E-state index in [4.69, 9.17) is 37.0 Å². The van der Waals surface area contributed by atoms with E-state index in [1.54, 1.807) is 0 Å². The van der Waals surface area contributed by atoms with Crippen LogP contribution in [-0.4, -0.2) is 0 Å². The average Bonchev–Trinajstić information content (AvgIpc) is 3.31. The van der Waals surface area contributed by atoms with Gasteiger partial charge in [-0.1, -0.05) is 157 Å². The first-order valence-electron chi connectivity index (χ1n) is 25.2. The minimum atomic E-state index is -0.728. The van der Waals surface area contributed by atoms with Crippen molar-refractivity contribution in [1.29, 1.82) is 0 Å². The van der Waals surface area contributed by atoms with Crippen molar-refractivity contribution in [3.63, 3.8) is 0 Å². The predicted molar refractivity (Wildman–Crippen MR) is 181 cm³/mol. The molecule has 0 heterocycles. The highest BCUT2D eigenvalue weighted by atomic mass is 79.9. The molecule has 0 aliphatic carbocycles. The van der Waals surface area contributed by atoms with Crippen LogP contribution in [0, 0.1) is 0 Å². The van der Waals surface area contributed by atoms with E-state index in [1.165, 1.54) is 0 Å². The molecule has 0 aromatic heterocycles. The molecule has 41 heavy (non-hydrogen) atoms. The topological polar surface area (TPSA) is 0 Å². The summed E-state index contributed by atoms with van der Waals surface area (Å²) < 4.78 is 223. The quantitative estimate of drug-likeness (QED) is 0.170. The van der Waals surface area contributed by atoms with E-state index in [1.807, 2.05) is 0 Å².